The number of hydrogen-bond donors (Lipinski definition) is 0. The van der Waals surface area contributed by atoms with Gasteiger partial charge in [0.1, 0.15) is 5.82 Å². The summed E-state index contributed by atoms with van der Waals surface area (Å²) >= 11 is 0. The van der Waals surface area contributed by atoms with Crippen LogP contribution in [0.25, 0.3) is 38.7 Å². The molecular formula is C23H15FN2. The Morgan fingerprint density at radius 2 is 1.31 bits per heavy atom. The molecule has 0 N–H and O–H groups in total. The van der Waals surface area contributed by atoms with E-state index in [1.165, 1.54) is 6.07 Å². The molecule has 2 nitrogen and oxygen atoms in total. The predicted octanol–water partition coefficient (Wildman–Crippen LogP) is 5.96. The van der Waals surface area contributed by atoms with Gasteiger partial charge < -0.3 is 0 Å². The molecule has 0 bridgehead atoms. The van der Waals surface area contributed by atoms with E-state index in [1.54, 1.807) is 12.3 Å². The van der Waals surface area contributed by atoms with Crippen molar-refractivity contribution in [1.82, 2.24) is 9.61 Å². The topological polar surface area (TPSA) is 17.3 Å². The molecule has 0 saturated heterocycles. The van der Waals surface area contributed by atoms with E-state index in [9.17, 15) is 4.39 Å². The molecule has 0 radical (unpaired) electrons. The van der Waals surface area contributed by atoms with E-state index in [-0.39, 0.29) is 5.82 Å². The second-order valence-electron chi connectivity index (χ2n) is 6.27. The molecule has 2 heterocycles. The first kappa shape index (κ1) is 14.8. The molecule has 0 atom stereocenters. The van der Waals surface area contributed by atoms with Crippen LogP contribution in [0.15, 0.2) is 91.1 Å². The average Bonchev–Trinajstić information content (AvgIpc) is 3.18. The van der Waals surface area contributed by atoms with Crippen molar-refractivity contribution in [2.24, 2.45) is 0 Å². The standard InChI is InChI=1S/C23H15FN2/c24-18-11-12-19-21(15-18)26-20(13-14-25-26)23(17-9-5-2-6-10-17)22(19)16-7-3-1-4-8-16/h1-15H. The fourth-order valence-corrected chi connectivity index (χ4v) is 3.64. The van der Waals surface area contributed by atoms with Gasteiger partial charge in [0.25, 0.3) is 0 Å². The van der Waals surface area contributed by atoms with Crippen molar-refractivity contribution in [1.29, 1.82) is 0 Å². The van der Waals surface area contributed by atoms with E-state index >= 15 is 0 Å². The van der Waals surface area contributed by atoms with Crippen LogP contribution in [0.5, 0.6) is 0 Å². The van der Waals surface area contributed by atoms with E-state index in [4.69, 9.17) is 0 Å². The van der Waals surface area contributed by atoms with Crippen LogP contribution in [0.4, 0.5) is 4.39 Å². The minimum absolute atomic E-state index is 0.263. The van der Waals surface area contributed by atoms with Gasteiger partial charge in [-0.1, -0.05) is 60.7 Å². The van der Waals surface area contributed by atoms with Gasteiger partial charge in [-0.05, 0) is 29.3 Å². The summed E-state index contributed by atoms with van der Waals surface area (Å²) in [6.07, 6.45) is 1.76. The first-order valence-corrected chi connectivity index (χ1v) is 8.53. The summed E-state index contributed by atoms with van der Waals surface area (Å²) in [5, 5.41) is 5.44. The highest BCUT2D eigenvalue weighted by molar-refractivity contribution is 6.08. The highest BCUT2D eigenvalue weighted by atomic mass is 19.1. The number of nitrogens with zero attached hydrogens (tertiary/aromatic N) is 2. The van der Waals surface area contributed by atoms with Crippen LogP contribution < -0.4 is 0 Å². The van der Waals surface area contributed by atoms with Crippen LogP contribution in [-0.4, -0.2) is 9.61 Å². The van der Waals surface area contributed by atoms with Crippen LogP contribution in [0, 0.1) is 5.82 Å². The normalized spacial score (nSPS) is 11.3. The van der Waals surface area contributed by atoms with Crippen molar-refractivity contribution in [3.05, 3.63) is 96.9 Å². The Bertz CT molecular complexity index is 1230. The maximum Gasteiger partial charge on any atom is 0.125 e. The Morgan fingerprint density at radius 1 is 0.654 bits per heavy atom. The molecule has 0 spiro atoms. The summed E-state index contributed by atoms with van der Waals surface area (Å²) in [4.78, 5) is 0. The fourth-order valence-electron chi connectivity index (χ4n) is 3.64. The fraction of sp³-hybridized carbons (Fsp3) is 0. The number of benzene rings is 3. The summed E-state index contributed by atoms with van der Waals surface area (Å²) in [5.74, 6) is -0.263. The molecule has 3 aromatic carbocycles. The van der Waals surface area contributed by atoms with Crippen molar-refractivity contribution in [3.63, 3.8) is 0 Å². The Kier molecular flexibility index (Phi) is 3.32. The zero-order valence-corrected chi connectivity index (χ0v) is 13.9. The molecule has 5 aromatic rings. The van der Waals surface area contributed by atoms with Gasteiger partial charge in [0, 0.05) is 22.6 Å². The Labute approximate surface area is 150 Å². The monoisotopic (exact) mass is 338 g/mol. The van der Waals surface area contributed by atoms with Gasteiger partial charge in [-0.3, -0.25) is 0 Å². The third-order valence-corrected chi connectivity index (χ3v) is 4.73. The SMILES string of the molecule is Fc1ccc2c(-c3ccccc3)c(-c3ccccc3)c3ccnn3c2c1. The molecule has 0 amide bonds. The van der Waals surface area contributed by atoms with Gasteiger partial charge in [-0.2, -0.15) is 5.10 Å². The lowest BCUT2D eigenvalue weighted by Crippen LogP contribution is -1.98. The van der Waals surface area contributed by atoms with Crippen LogP contribution in [0.2, 0.25) is 0 Å². The minimum atomic E-state index is -0.263. The van der Waals surface area contributed by atoms with E-state index in [0.717, 1.165) is 38.7 Å². The van der Waals surface area contributed by atoms with Gasteiger partial charge in [0.15, 0.2) is 0 Å². The van der Waals surface area contributed by atoms with Crippen LogP contribution in [0.3, 0.4) is 0 Å². The maximum absolute atomic E-state index is 14.0. The molecule has 5 rings (SSSR count). The summed E-state index contributed by atoms with van der Waals surface area (Å²) in [5.41, 5.74) is 6.15. The third kappa shape index (κ3) is 2.21. The van der Waals surface area contributed by atoms with E-state index in [0.29, 0.717) is 0 Å². The van der Waals surface area contributed by atoms with E-state index in [1.807, 2.05) is 53.0 Å². The molecule has 0 saturated carbocycles. The molecular weight excluding hydrogens is 323 g/mol. The summed E-state index contributed by atoms with van der Waals surface area (Å²) in [6, 6.07) is 27.4. The Hall–Kier alpha value is -3.46. The summed E-state index contributed by atoms with van der Waals surface area (Å²) < 4.78 is 15.8. The van der Waals surface area contributed by atoms with E-state index in [2.05, 4.69) is 29.4 Å². The molecule has 3 heteroatoms. The molecule has 124 valence electrons. The molecule has 0 aliphatic rings. The second-order valence-corrected chi connectivity index (χ2v) is 6.27. The zero-order valence-electron chi connectivity index (χ0n) is 13.9. The van der Waals surface area contributed by atoms with Crippen molar-refractivity contribution in [3.8, 4) is 22.3 Å². The Morgan fingerprint density at radius 3 is 2.00 bits per heavy atom. The number of fused-ring (bicyclic) bond motifs is 3. The lowest BCUT2D eigenvalue weighted by molar-refractivity contribution is 0.629. The van der Waals surface area contributed by atoms with Gasteiger partial charge in [0.2, 0.25) is 0 Å². The average molecular weight is 338 g/mol. The number of halogens is 1. The van der Waals surface area contributed by atoms with Gasteiger partial charge in [-0.25, -0.2) is 8.91 Å². The van der Waals surface area contributed by atoms with Crippen LogP contribution in [0.1, 0.15) is 0 Å². The maximum atomic E-state index is 14.0. The van der Waals surface area contributed by atoms with Gasteiger partial charge in [-0.15, -0.1) is 0 Å². The predicted molar refractivity (Wildman–Crippen MR) is 104 cm³/mol. The number of aromatic nitrogens is 2. The summed E-state index contributed by atoms with van der Waals surface area (Å²) in [7, 11) is 0. The lowest BCUT2D eigenvalue weighted by Gasteiger charge is -2.16. The second kappa shape index (κ2) is 5.81. The van der Waals surface area contributed by atoms with Crippen molar-refractivity contribution < 1.29 is 4.39 Å². The quantitative estimate of drug-likeness (QED) is 0.388. The molecule has 0 fully saturated rings. The molecule has 0 unspecified atom stereocenters. The van der Waals surface area contributed by atoms with Crippen LogP contribution in [-0.2, 0) is 0 Å². The zero-order chi connectivity index (χ0) is 17.5. The van der Waals surface area contributed by atoms with Gasteiger partial charge in [0.05, 0.1) is 17.2 Å². The first-order chi connectivity index (χ1) is 12.8. The van der Waals surface area contributed by atoms with Crippen LogP contribution >= 0.6 is 0 Å². The summed E-state index contributed by atoms with van der Waals surface area (Å²) in [6.45, 7) is 0. The Balaban J connectivity index is 2.04. The largest absolute Gasteiger partial charge is 0.232 e. The van der Waals surface area contributed by atoms with Crippen molar-refractivity contribution in [2.75, 3.05) is 0 Å². The molecule has 0 aliphatic heterocycles. The molecule has 0 aliphatic carbocycles. The lowest BCUT2D eigenvalue weighted by atomic mass is 9.91. The number of pyridine rings is 1. The first-order valence-electron chi connectivity index (χ1n) is 8.53. The third-order valence-electron chi connectivity index (χ3n) is 4.73. The van der Waals surface area contributed by atoms with Gasteiger partial charge >= 0.3 is 0 Å². The number of hydrogen-bond acceptors (Lipinski definition) is 1. The van der Waals surface area contributed by atoms with E-state index < -0.39 is 0 Å². The number of rotatable bonds is 2. The smallest absolute Gasteiger partial charge is 0.125 e. The minimum Gasteiger partial charge on any atom is -0.232 e. The molecule has 26 heavy (non-hydrogen) atoms. The van der Waals surface area contributed by atoms with Crippen molar-refractivity contribution in [2.45, 2.75) is 0 Å². The highest BCUT2D eigenvalue weighted by Gasteiger charge is 2.18. The van der Waals surface area contributed by atoms with Crippen molar-refractivity contribution >= 4 is 16.4 Å². The molecule has 2 aromatic heterocycles. The highest BCUT2D eigenvalue weighted by Crippen LogP contribution is 2.41.